The molecule has 4 nitrogen and oxygen atoms in total. The lowest BCUT2D eigenvalue weighted by molar-refractivity contribution is -0.128. The van der Waals surface area contributed by atoms with E-state index in [2.05, 4.69) is 18.3 Å². The largest absolute Gasteiger partial charge is 0.385 e. The lowest BCUT2D eigenvalue weighted by Gasteiger charge is -2.18. The van der Waals surface area contributed by atoms with E-state index in [-0.39, 0.29) is 5.91 Å². The van der Waals surface area contributed by atoms with Crippen LogP contribution in [0.25, 0.3) is 0 Å². The molecule has 0 aliphatic rings. The molecular formula is C15H24N2O2. The van der Waals surface area contributed by atoms with Gasteiger partial charge in [-0.15, -0.1) is 0 Å². The zero-order chi connectivity index (χ0) is 14.3. The van der Waals surface area contributed by atoms with Gasteiger partial charge in [-0.05, 0) is 31.0 Å². The van der Waals surface area contributed by atoms with Crippen molar-refractivity contribution in [2.24, 2.45) is 0 Å². The van der Waals surface area contributed by atoms with E-state index in [1.807, 2.05) is 25.2 Å². The number of carbonyl (C=O) groups is 1. The van der Waals surface area contributed by atoms with E-state index in [4.69, 9.17) is 4.74 Å². The van der Waals surface area contributed by atoms with Crippen LogP contribution in [0.15, 0.2) is 24.3 Å². The number of benzene rings is 1. The molecule has 0 saturated heterocycles. The van der Waals surface area contributed by atoms with Crippen LogP contribution in [0, 0.1) is 0 Å². The molecule has 1 unspecified atom stereocenters. The lowest BCUT2D eigenvalue weighted by Crippen LogP contribution is -2.23. The first-order valence-corrected chi connectivity index (χ1v) is 6.59. The third kappa shape index (κ3) is 5.75. The maximum absolute atomic E-state index is 11.2. The summed E-state index contributed by atoms with van der Waals surface area (Å²) in [5.41, 5.74) is 2.21. The maximum atomic E-state index is 11.2. The van der Waals surface area contributed by atoms with Gasteiger partial charge in [0.2, 0.25) is 5.91 Å². The van der Waals surface area contributed by atoms with Crippen molar-refractivity contribution < 1.29 is 9.53 Å². The first kappa shape index (κ1) is 15.5. The summed E-state index contributed by atoms with van der Waals surface area (Å²) in [6.45, 7) is 5.10. The number of anilines is 1. The summed E-state index contributed by atoms with van der Waals surface area (Å²) in [5.74, 6) is 0.0758. The second-order valence-corrected chi connectivity index (χ2v) is 4.90. The van der Waals surface area contributed by atoms with E-state index < -0.39 is 0 Å². The molecule has 0 saturated carbocycles. The quantitative estimate of drug-likeness (QED) is 0.822. The minimum Gasteiger partial charge on any atom is -0.385 e. The minimum atomic E-state index is 0.0758. The average molecular weight is 264 g/mol. The Labute approximate surface area is 115 Å². The second-order valence-electron chi connectivity index (χ2n) is 4.90. The predicted molar refractivity (Wildman–Crippen MR) is 78.2 cm³/mol. The molecule has 1 aromatic carbocycles. The first-order valence-electron chi connectivity index (χ1n) is 6.59. The molecule has 0 fully saturated rings. The van der Waals surface area contributed by atoms with Gasteiger partial charge in [-0.3, -0.25) is 4.79 Å². The van der Waals surface area contributed by atoms with Crippen molar-refractivity contribution in [1.82, 2.24) is 4.90 Å². The molecule has 1 rings (SSSR count). The number of nitrogens with one attached hydrogen (secondary N) is 1. The number of hydrogen-bond acceptors (Lipinski definition) is 3. The average Bonchev–Trinajstić information content (AvgIpc) is 2.36. The maximum Gasteiger partial charge on any atom is 0.219 e. The van der Waals surface area contributed by atoms with E-state index >= 15 is 0 Å². The highest BCUT2D eigenvalue weighted by molar-refractivity contribution is 5.72. The molecule has 0 aromatic heterocycles. The van der Waals surface area contributed by atoms with E-state index in [0.29, 0.717) is 12.6 Å². The van der Waals surface area contributed by atoms with Crippen molar-refractivity contribution in [2.75, 3.05) is 26.1 Å². The van der Waals surface area contributed by atoms with Gasteiger partial charge in [0.1, 0.15) is 0 Å². The van der Waals surface area contributed by atoms with Crippen LogP contribution in [-0.4, -0.2) is 37.6 Å². The molecular weight excluding hydrogens is 240 g/mol. The zero-order valence-electron chi connectivity index (χ0n) is 12.3. The Kier molecular flexibility index (Phi) is 6.36. The van der Waals surface area contributed by atoms with Gasteiger partial charge in [0.25, 0.3) is 0 Å². The molecule has 1 atom stereocenters. The normalized spacial score (nSPS) is 12.0. The first-order chi connectivity index (χ1) is 9.02. The molecule has 4 heteroatoms. The van der Waals surface area contributed by atoms with Gasteiger partial charge in [-0.25, -0.2) is 0 Å². The molecule has 19 heavy (non-hydrogen) atoms. The highest BCUT2D eigenvalue weighted by Crippen LogP contribution is 2.14. The fourth-order valence-electron chi connectivity index (χ4n) is 1.80. The summed E-state index contributed by atoms with van der Waals surface area (Å²) in [6.07, 6.45) is 0.966. The SMILES string of the molecule is COCCC(C)Nc1cccc(CN(C)C(C)=O)c1. The summed E-state index contributed by atoms with van der Waals surface area (Å²) in [6, 6.07) is 8.53. The Morgan fingerprint density at radius 1 is 1.47 bits per heavy atom. The second kappa shape index (κ2) is 7.79. The molecule has 0 spiro atoms. The number of hydrogen-bond donors (Lipinski definition) is 1. The fourth-order valence-corrected chi connectivity index (χ4v) is 1.80. The van der Waals surface area contributed by atoms with E-state index in [1.165, 1.54) is 0 Å². The van der Waals surface area contributed by atoms with Crippen LogP contribution in [0.2, 0.25) is 0 Å². The van der Waals surface area contributed by atoms with Gasteiger partial charge in [0.05, 0.1) is 0 Å². The molecule has 106 valence electrons. The van der Waals surface area contributed by atoms with Gasteiger partial charge >= 0.3 is 0 Å². The molecule has 0 heterocycles. The van der Waals surface area contributed by atoms with Crippen molar-refractivity contribution in [3.05, 3.63) is 29.8 Å². The van der Waals surface area contributed by atoms with Crippen molar-refractivity contribution in [3.63, 3.8) is 0 Å². The fraction of sp³-hybridized carbons (Fsp3) is 0.533. The van der Waals surface area contributed by atoms with Crippen molar-refractivity contribution in [1.29, 1.82) is 0 Å². The predicted octanol–water partition coefficient (Wildman–Crippen LogP) is 2.50. The van der Waals surface area contributed by atoms with E-state index in [9.17, 15) is 4.79 Å². The molecule has 0 aliphatic carbocycles. The summed E-state index contributed by atoms with van der Waals surface area (Å²) in [5, 5.41) is 3.44. The van der Waals surface area contributed by atoms with Crippen LogP contribution in [0.1, 0.15) is 25.8 Å². The number of methoxy groups -OCH3 is 1. The monoisotopic (exact) mass is 264 g/mol. The summed E-state index contributed by atoms with van der Waals surface area (Å²) in [7, 11) is 3.52. The van der Waals surface area contributed by atoms with Gasteiger partial charge in [0.15, 0.2) is 0 Å². The molecule has 1 amide bonds. The van der Waals surface area contributed by atoms with Crippen LogP contribution in [-0.2, 0) is 16.1 Å². The Morgan fingerprint density at radius 2 is 2.21 bits per heavy atom. The topological polar surface area (TPSA) is 41.6 Å². The summed E-state index contributed by atoms with van der Waals surface area (Å²) >= 11 is 0. The van der Waals surface area contributed by atoms with Gasteiger partial charge in [-0.2, -0.15) is 0 Å². The Bertz CT molecular complexity index is 407. The minimum absolute atomic E-state index is 0.0758. The van der Waals surface area contributed by atoms with Crippen molar-refractivity contribution in [3.8, 4) is 0 Å². The number of rotatable bonds is 7. The van der Waals surface area contributed by atoms with E-state index in [0.717, 1.165) is 24.3 Å². The zero-order valence-corrected chi connectivity index (χ0v) is 12.3. The molecule has 0 bridgehead atoms. The summed E-state index contributed by atoms with van der Waals surface area (Å²) < 4.78 is 5.07. The lowest BCUT2D eigenvalue weighted by atomic mass is 10.1. The highest BCUT2D eigenvalue weighted by Gasteiger charge is 2.05. The third-order valence-corrected chi connectivity index (χ3v) is 3.05. The van der Waals surface area contributed by atoms with Crippen LogP contribution < -0.4 is 5.32 Å². The van der Waals surface area contributed by atoms with Crippen LogP contribution in [0.5, 0.6) is 0 Å². The molecule has 1 aromatic rings. The van der Waals surface area contributed by atoms with Crippen LogP contribution in [0.4, 0.5) is 5.69 Å². The standard InChI is InChI=1S/C15H24N2O2/c1-12(8-9-19-4)16-15-7-5-6-14(10-15)11-17(3)13(2)18/h5-7,10,12,16H,8-9,11H2,1-4H3. The molecule has 0 aliphatic heterocycles. The Morgan fingerprint density at radius 3 is 2.84 bits per heavy atom. The number of nitrogens with zero attached hydrogens (tertiary/aromatic N) is 1. The number of amides is 1. The smallest absolute Gasteiger partial charge is 0.219 e. The van der Waals surface area contributed by atoms with Crippen LogP contribution in [0.3, 0.4) is 0 Å². The van der Waals surface area contributed by atoms with Crippen molar-refractivity contribution in [2.45, 2.75) is 32.9 Å². The van der Waals surface area contributed by atoms with E-state index in [1.54, 1.807) is 18.9 Å². The van der Waals surface area contributed by atoms with Crippen LogP contribution >= 0.6 is 0 Å². The number of carbonyl (C=O) groups excluding carboxylic acids is 1. The Hall–Kier alpha value is -1.55. The molecule has 0 radical (unpaired) electrons. The molecule has 1 N–H and O–H groups in total. The third-order valence-electron chi connectivity index (χ3n) is 3.05. The highest BCUT2D eigenvalue weighted by atomic mass is 16.5. The summed E-state index contributed by atoms with van der Waals surface area (Å²) in [4.78, 5) is 12.9. The Balaban J connectivity index is 2.59. The number of ether oxygens (including phenoxy) is 1. The van der Waals surface area contributed by atoms with Crippen molar-refractivity contribution >= 4 is 11.6 Å². The van der Waals surface area contributed by atoms with Gasteiger partial charge < -0.3 is 15.0 Å². The van der Waals surface area contributed by atoms with Gasteiger partial charge in [-0.1, -0.05) is 12.1 Å². The van der Waals surface area contributed by atoms with Gasteiger partial charge in [0, 0.05) is 46.0 Å².